The van der Waals surface area contributed by atoms with Crippen molar-refractivity contribution >= 4 is 44.0 Å². The molecule has 0 bridgehead atoms. The molecule has 0 fully saturated rings. The van der Waals surface area contributed by atoms with E-state index in [9.17, 15) is 9.59 Å². The molecule has 1 aliphatic heterocycles. The molecule has 0 aliphatic carbocycles. The molecule has 5 heteroatoms. The number of halogens is 1. The molecule has 1 aromatic heterocycles. The molecule has 0 N–H and O–H groups in total. The van der Waals surface area contributed by atoms with Gasteiger partial charge in [0.05, 0.1) is 22.9 Å². The Bertz CT molecular complexity index is 672. The average molecular weight is 561 g/mol. The highest BCUT2D eigenvalue weighted by Crippen LogP contribution is 2.32. The summed E-state index contributed by atoms with van der Waals surface area (Å²) >= 11 is 2.12. The average Bonchev–Trinajstić information content (AvgIpc) is 3.26. The zero-order valence-electron chi connectivity index (χ0n) is 19.8. The smallest absolute Gasteiger partial charge is 0.282 e. The standard InChI is InChI=1S/C26H43INO2S/c1-3-5-7-9-11-12-14-16-18-22(17-15-13-10-8-6-4-2)21-31-25(29)23-19-20-28(27)24(23)26(31)30/h19-20,22H,3-18,21H2,1-2H3/q+1. The number of carbonyl (C=O) groups is 2. The molecule has 0 spiro atoms. The Hall–Kier alpha value is -0.300. The Morgan fingerprint density at radius 2 is 1.26 bits per heavy atom. The third-order valence-electron chi connectivity index (χ3n) is 6.54. The van der Waals surface area contributed by atoms with Gasteiger partial charge in [-0.05, 0) is 18.9 Å². The van der Waals surface area contributed by atoms with Crippen LogP contribution in [0.4, 0.5) is 0 Å². The van der Waals surface area contributed by atoms with Crippen LogP contribution in [-0.4, -0.2) is 18.8 Å². The fourth-order valence-corrected chi connectivity index (χ4v) is 7.53. The number of aromatic nitrogens is 1. The number of rotatable bonds is 18. The van der Waals surface area contributed by atoms with Crippen molar-refractivity contribution in [2.75, 3.05) is 5.75 Å². The molecule has 176 valence electrons. The van der Waals surface area contributed by atoms with Gasteiger partial charge < -0.3 is 0 Å². The van der Waals surface area contributed by atoms with Crippen LogP contribution in [0.2, 0.25) is 0 Å². The van der Waals surface area contributed by atoms with Crippen LogP contribution in [-0.2, 0) is 10.9 Å². The van der Waals surface area contributed by atoms with Crippen molar-refractivity contribution in [3.8, 4) is 0 Å². The van der Waals surface area contributed by atoms with E-state index < -0.39 is 10.9 Å². The SMILES string of the molecule is CCCCCCCCCCC(CCCCCCCC)C[S+]1C(=O)c2ccn(I)c2C1=O. The highest BCUT2D eigenvalue weighted by Gasteiger charge is 2.52. The van der Waals surface area contributed by atoms with Gasteiger partial charge in [-0.1, -0.05) is 104 Å². The number of unbranched alkanes of at least 4 members (excludes halogenated alkanes) is 12. The lowest BCUT2D eigenvalue weighted by molar-refractivity contribution is 0.107. The van der Waals surface area contributed by atoms with E-state index in [0.29, 0.717) is 17.2 Å². The Labute approximate surface area is 207 Å². The van der Waals surface area contributed by atoms with Crippen molar-refractivity contribution < 1.29 is 9.59 Å². The van der Waals surface area contributed by atoms with Crippen LogP contribution in [0.25, 0.3) is 0 Å². The van der Waals surface area contributed by atoms with Crippen molar-refractivity contribution in [2.24, 2.45) is 5.92 Å². The van der Waals surface area contributed by atoms with E-state index in [1.807, 2.05) is 15.0 Å². The Balaban J connectivity index is 1.80. The Kier molecular flexibility index (Phi) is 13.5. The zero-order chi connectivity index (χ0) is 22.5. The van der Waals surface area contributed by atoms with Crippen molar-refractivity contribution in [1.82, 2.24) is 2.78 Å². The van der Waals surface area contributed by atoms with Crippen molar-refractivity contribution in [3.63, 3.8) is 0 Å². The van der Waals surface area contributed by atoms with Crippen LogP contribution >= 0.6 is 22.9 Å². The minimum Gasteiger partial charge on any atom is -0.282 e. The third-order valence-corrected chi connectivity index (χ3v) is 9.45. The van der Waals surface area contributed by atoms with E-state index >= 15 is 0 Å². The maximum Gasteiger partial charge on any atom is 0.388 e. The van der Waals surface area contributed by atoms with Crippen LogP contribution in [0, 0.1) is 5.92 Å². The van der Waals surface area contributed by atoms with Gasteiger partial charge in [-0.2, -0.15) is 0 Å². The summed E-state index contributed by atoms with van der Waals surface area (Å²) in [7, 11) is -0.749. The van der Waals surface area contributed by atoms with Crippen molar-refractivity contribution in [2.45, 2.75) is 117 Å². The van der Waals surface area contributed by atoms with Crippen molar-refractivity contribution in [1.29, 1.82) is 0 Å². The second-order valence-electron chi connectivity index (χ2n) is 9.21. The minimum absolute atomic E-state index is 0.0864. The van der Waals surface area contributed by atoms with Gasteiger partial charge in [0.2, 0.25) is 0 Å². The lowest BCUT2D eigenvalue weighted by Crippen LogP contribution is -2.26. The van der Waals surface area contributed by atoms with E-state index in [2.05, 4.69) is 36.7 Å². The number of carbonyl (C=O) groups excluding carboxylic acids is 2. The predicted molar refractivity (Wildman–Crippen MR) is 143 cm³/mol. The monoisotopic (exact) mass is 560 g/mol. The molecule has 2 rings (SSSR count). The molecule has 0 saturated heterocycles. The molecule has 31 heavy (non-hydrogen) atoms. The van der Waals surface area contributed by atoms with Crippen LogP contribution in [0.1, 0.15) is 137 Å². The predicted octanol–water partition coefficient (Wildman–Crippen LogP) is 8.50. The van der Waals surface area contributed by atoms with Crippen LogP contribution < -0.4 is 0 Å². The fourth-order valence-electron chi connectivity index (χ4n) is 4.58. The highest BCUT2D eigenvalue weighted by molar-refractivity contribution is 14.1. The molecule has 0 aromatic carbocycles. The third kappa shape index (κ3) is 8.87. The van der Waals surface area contributed by atoms with E-state index in [0.717, 1.165) is 5.75 Å². The first kappa shape index (κ1) is 26.9. The molecule has 3 nitrogen and oxygen atoms in total. The quantitative estimate of drug-likeness (QED) is 0.103. The van der Waals surface area contributed by atoms with E-state index in [-0.39, 0.29) is 10.2 Å². The molecule has 2 heterocycles. The summed E-state index contributed by atoms with van der Waals surface area (Å²) < 4.78 is 1.81. The number of nitrogens with zero attached hydrogens (tertiary/aromatic N) is 1. The summed E-state index contributed by atoms with van der Waals surface area (Å²) in [6, 6.07) is 1.83. The molecule has 2 atom stereocenters. The largest absolute Gasteiger partial charge is 0.388 e. The van der Waals surface area contributed by atoms with Gasteiger partial charge in [0.15, 0.2) is 5.69 Å². The van der Waals surface area contributed by atoms with Gasteiger partial charge >= 0.3 is 10.2 Å². The van der Waals surface area contributed by atoms with Gasteiger partial charge in [0.1, 0.15) is 22.2 Å². The van der Waals surface area contributed by atoms with E-state index in [1.54, 1.807) is 0 Å². The molecule has 0 saturated carbocycles. The minimum atomic E-state index is -0.749. The number of hydrogen-bond acceptors (Lipinski definition) is 2. The highest BCUT2D eigenvalue weighted by atomic mass is 127. The molecule has 1 aromatic rings. The first-order valence-electron chi connectivity index (χ1n) is 12.8. The van der Waals surface area contributed by atoms with Crippen LogP contribution in [0.5, 0.6) is 0 Å². The van der Waals surface area contributed by atoms with Gasteiger partial charge in [-0.25, -0.2) is 9.59 Å². The van der Waals surface area contributed by atoms with Gasteiger partial charge in [0, 0.05) is 12.1 Å². The lowest BCUT2D eigenvalue weighted by atomic mass is 9.95. The summed E-state index contributed by atoms with van der Waals surface area (Å²) in [5.74, 6) is 1.31. The summed E-state index contributed by atoms with van der Waals surface area (Å²) in [5, 5.41) is 0.183. The molecule has 1 aliphatic rings. The number of fused-ring (bicyclic) bond motifs is 1. The maximum absolute atomic E-state index is 12.9. The van der Waals surface area contributed by atoms with Gasteiger partial charge in [-0.15, -0.1) is 0 Å². The Morgan fingerprint density at radius 1 is 0.774 bits per heavy atom. The normalized spacial score (nSPS) is 16.8. The maximum atomic E-state index is 12.9. The van der Waals surface area contributed by atoms with Crippen LogP contribution in [0.3, 0.4) is 0 Å². The number of hydrogen-bond donors (Lipinski definition) is 0. The lowest BCUT2D eigenvalue weighted by Gasteiger charge is -2.15. The molecule has 2 unspecified atom stereocenters. The zero-order valence-corrected chi connectivity index (χ0v) is 22.8. The molecule has 0 radical (unpaired) electrons. The molecule has 0 amide bonds. The van der Waals surface area contributed by atoms with E-state index in [1.165, 1.54) is 103 Å². The summed E-state index contributed by atoms with van der Waals surface area (Å²) in [6.07, 6.45) is 22.7. The molecular formula is C26H43INO2S+. The first-order valence-corrected chi connectivity index (χ1v) is 15.1. The second kappa shape index (κ2) is 15.5. The van der Waals surface area contributed by atoms with Crippen molar-refractivity contribution in [3.05, 3.63) is 23.5 Å². The first-order chi connectivity index (χ1) is 15.1. The Morgan fingerprint density at radius 3 is 1.74 bits per heavy atom. The van der Waals surface area contributed by atoms with Gasteiger partial charge in [-0.3, -0.25) is 2.78 Å². The molecular weight excluding hydrogens is 517 g/mol. The van der Waals surface area contributed by atoms with E-state index in [4.69, 9.17) is 0 Å². The summed E-state index contributed by atoms with van der Waals surface area (Å²) in [4.78, 5) is 25.8. The second-order valence-corrected chi connectivity index (χ2v) is 12.1. The van der Waals surface area contributed by atoms with Gasteiger partial charge in [0.25, 0.3) is 0 Å². The summed E-state index contributed by atoms with van der Waals surface area (Å²) in [5.41, 5.74) is 1.30. The van der Waals surface area contributed by atoms with Crippen LogP contribution in [0.15, 0.2) is 12.3 Å². The topological polar surface area (TPSA) is 39.1 Å². The summed E-state index contributed by atoms with van der Waals surface area (Å²) in [6.45, 7) is 4.52. The fraction of sp³-hybridized carbons (Fsp3) is 0.769.